The van der Waals surface area contributed by atoms with Gasteiger partial charge < -0.3 is 11.1 Å². The minimum absolute atomic E-state index is 0.808. The topological polar surface area (TPSA) is 41.3 Å². The summed E-state index contributed by atoms with van der Waals surface area (Å²) >= 11 is 0. The molecule has 0 spiro atoms. The zero-order valence-electron chi connectivity index (χ0n) is 13.8. The fourth-order valence-electron chi connectivity index (χ4n) is 3.17. The van der Waals surface area contributed by atoms with Crippen molar-refractivity contribution in [2.75, 3.05) is 18.8 Å². The number of piperidine rings is 1. The van der Waals surface area contributed by atoms with Gasteiger partial charge in [-0.25, -0.2) is 0 Å². The van der Waals surface area contributed by atoms with Gasteiger partial charge in [0.2, 0.25) is 0 Å². The van der Waals surface area contributed by atoms with E-state index in [1.54, 1.807) is 0 Å². The molecule has 0 bridgehead atoms. The Morgan fingerprint density at radius 2 is 1.52 bits per heavy atom. The summed E-state index contributed by atoms with van der Waals surface area (Å²) in [6.45, 7) is 5.28. The maximum Gasteiger partial charge on any atom is 0.0359 e. The minimum atomic E-state index is 0.808. The molecule has 3 N–H and O–H groups in total. The lowest BCUT2D eigenvalue weighted by Gasteiger charge is -2.26. The normalized spacial score (nSPS) is 15.7. The van der Waals surface area contributed by atoms with Crippen LogP contribution in [0.4, 0.5) is 5.69 Å². The molecule has 1 fully saturated rings. The van der Waals surface area contributed by atoms with Crippen molar-refractivity contribution in [2.24, 2.45) is 0 Å². The Morgan fingerprint density at radius 3 is 2.26 bits per heavy atom. The second-order valence-electron chi connectivity index (χ2n) is 6.46. The van der Waals surface area contributed by atoms with Crippen molar-refractivity contribution in [3.63, 3.8) is 0 Å². The fourth-order valence-corrected chi connectivity index (χ4v) is 3.17. The Hall–Kier alpha value is -1.84. The first-order valence-corrected chi connectivity index (χ1v) is 8.65. The van der Waals surface area contributed by atoms with E-state index in [9.17, 15) is 0 Å². The fraction of sp³-hybridized carbons (Fsp3) is 0.400. The first-order valence-electron chi connectivity index (χ1n) is 8.65. The van der Waals surface area contributed by atoms with E-state index in [0.717, 1.165) is 30.9 Å². The standard InChI is InChI=1S/C20H27N3/c21-20-7-3-2-6-19(20)15-22-14-17-8-10-18(11-9-17)16-23-12-4-1-5-13-23/h2-3,6-11,22H,1,4-5,12-16,21H2. The Bertz CT molecular complexity index is 601. The molecule has 0 aliphatic carbocycles. The molecule has 2 aromatic rings. The number of nitrogen functional groups attached to an aromatic ring is 1. The van der Waals surface area contributed by atoms with E-state index in [0.29, 0.717) is 0 Å². The summed E-state index contributed by atoms with van der Waals surface area (Å²) in [5.41, 5.74) is 10.7. The predicted molar refractivity (Wildman–Crippen MR) is 97.0 cm³/mol. The maximum atomic E-state index is 5.96. The number of nitrogens with one attached hydrogen (secondary N) is 1. The molecule has 3 rings (SSSR count). The van der Waals surface area contributed by atoms with Crippen LogP contribution in [0.25, 0.3) is 0 Å². The third-order valence-corrected chi connectivity index (χ3v) is 4.58. The zero-order valence-corrected chi connectivity index (χ0v) is 13.8. The van der Waals surface area contributed by atoms with Crippen molar-refractivity contribution in [2.45, 2.75) is 38.9 Å². The number of rotatable bonds is 6. The first-order chi connectivity index (χ1) is 11.3. The van der Waals surface area contributed by atoms with Gasteiger partial charge in [-0.1, -0.05) is 48.9 Å². The molecule has 0 amide bonds. The summed E-state index contributed by atoms with van der Waals surface area (Å²) in [6, 6.07) is 17.0. The molecule has 1 aliphatic heterocycles. The molecule has 0 radical (unpaired) electrons. The van der Waals surface area contributed by atoms with Crippen LogP contribution in [-0.2, 0) is 19.6 Å². The molecule has 1 aliphatic rings. The van der Waals surface area contributed by atoms with Crippen LogP contribution in [0.2, 0.25) is 0 Å². The number of benzene rings is 2. The summed E-state index contributed by atoms with van der Waals surface area (Å²) in [4.78, 5) is 2.56. The highest BCUT2D eigenvalue weighted by Crippen LogP contribution is 2.14. The van der Waals surface area contributed by atoms with Crippen molar-refractivity contribution in [3.8, 4) is 0 Å². The molecule has 0 saturated carbocycles. The number of nitrogens with zero attached hydrogens (tertiary/aromatic N) is 1. The number of anilines is 1. The number of hydrogen-bond acceptors (Lipinski definition) is 3. The average molecular weight is 309 g/mol. The van der Waals surface area contributed by atoms with Gasteiger partial charge in [0.15, 0.2) is 0 Å². The zero-order chi connectivity index (χ0) is 15.9. The van der Waals surface area contributed by atoms with Gasteiger partial charge in [-0.2, -0.15) is 0 Å². The van der Waals surface area contributed by atoms with Gasteiger partial charge in [0, 0.05) is 25.3 Å². The molecule has 3 nitrogen and oxygen atoms in total. The summed E-state index contributed by atoms with van der Waals surface area (Å²) < 4.78 is 0. The average Bonchev–Trinajstić information content (AvgIpc) is 2.59. The summed E-state index contributed by atoms with van der Waals surface area (Å²) in [6.07, 6.45) is 4.10. The predicted octanol–water partition coefficient (Wildman–Crippen LogP) is 3.54. The van der Waals surface area contributed by atoms with Crippen molar-refractivity contribution < 1.29 is 0 Å². The number of likely N-dealkylation sites (tertiary alicyclic amines) is 1. The molecule has 0 aromatic heterocycles. The smallest absolute Gasteiger partial charge is 0.0359 e. The van der Waals surface area contributed by atoms with E-state index in [4.69, 9.17) is 5.73 Å². The van der Waals surface area contributed by atoms with Gasteiger partial charge in [-0.3, -0.25) is 4.90 Å². The molecular formula is C20H27N3. The third kappa shape index (κ3) is 4.81. The van der Waals surface area contributed by atoms with Crippen LogP contribution in [0, 0.1) is 0 Å². The number of hydrogen-bond donors (Lipinski definition) is 2. The Morgan fingerprint density at radius 1 is 0.826 bits per heavy atom. The molecule has 1 saturated heterocycles. The minimum Gasteiger partial charge on any atom is -0.398 e. The van der Waals surface area contributed by atoms with Gasteiger partial charge in [0.25, 0.3) is 0 Å². The van der Waals surface area contributed by atoms with Crippen LogP contribution in [0.1, 0.15) is 36.0 Å². The largest absolute Gasteiger partial charge is 0.398 e. The molecule has 3 heteroatoms. The van der Waals surface area contributed by atoms with E-state index in [2.05, 4.69) is 40.5 Å². The summed E-state index contributed by atoms with van der Waals surface area (Å²) in [7, 11) is 0. The molecule has 0 atom stereocenters. The highest BCUT2D eigenvalue weighted by Gasteiger charge is 2.10. The van der Waals surface area contributed by atoms with Crippen molar-refractivity contribution in [1.82, 2.24) is 10.2 Å². The Kier molecular flexibility index (Phi) is 5.67. The quantitative estimate of drug-likeness (QED) is 0.802. The second kappa shape index (κ2) is 8.14. The molecule has 2 aromatic carbocycles. The van der Waals surface area contributed by atoms with Crippen LogP contribution in [0.15, 0.2) is 48.5 Å². The molecule has 1 heterocycles. The molecular weight excluding hydrogens is 282 g/mol. The lowest BCUT2D eigenvalue weighted by molar-refractivity contribution is 0.221. The number of para-hydroxylation sites is 1. The van der Waals surface area contributed by atoms with Crippen LogP contribution in [-0.4, -0.2) is 18.0 Å². The molecule has 23 heavy (non-hydrogen) atoms. The van der Waals surface area contributed by atoms with Crippen LogP contribution < -0.4 is 11.1 Å². The van der Waals surface area contributed by atoms with Crippen molar-refractivity contribution >= 4 is 5.69 Å². The lowest BCUT2D eigenvalue weighted by Crippen LogP contribution is -2.29. The van der Waals surface area contributed by atoms with Gasteiger partial charge in [-0.05, 0) is 48.7 Å². The third-order valence-electron chi connectivity index (χ3n) is 4.58. The summed E-state index contributed by atoms with van der Waals surface area (Å²) in [5, 5.41) is 3.47. The van der Waals surface area contributed by atoms with E-state index >= 15 is 0 Å². The SMILES string of the molecule is Nc1ccccc1CNCc1ccc(CN2CCCCC2)cc1. The Balaban J connectivity index is 1.46. The summed E-state index contributed by atoms with van der Waals surface area (Å²) in [5.74, 6) is 0. The molecule has 122 valence electrons. The second-order valence-corrected chi connectivity index (χ2v) is 6.46. The molecule has 0 unspecified atom stereocenters. The van der Waals surface area contributed by atoms with Crippen LogP contribution in [0.5, 0.6) is 0 Å². The maximum absolute atomic E-state index is 5.96. The first kappa shape index (κ1) is 16.0. The van der Waals surface area contributed by atoms with Gasteiger partial charge >= 0.3 is 0 Å². The van der Waals surface area contributed by atoms with E-state index in [1.807, 2.05) is 18.2 Å². The van der Waals surface area contributed by atoms with Crippen molar-refractivity contribution in [3.05, 3.63) is 65.2 Å². The van der Waals surface area contributed by atoms with Gasteiger partial charge in [-0.15, -0.1) is 0 Å². The lowest BCUT2D eigenvalue weighted by atomic mass is 10.1. The van der Waals surface area contributed by atoms with Gasteiger partial charge in [0.1, 0.15) is 0 Å². The monoisotopic (exact) mass is 309 g/mol. The highest BCUT2D eigenvalue weighted by molar-refractivity contribution is 5.46. The number of nitrogens with two attached hydrogens (primary N) is 1. The van der Waals surface area contributed by atoms with Crippen LogP contribution in [0.3, 0.4) is 0 Å². The Labute approximate surface area is 139 Å². The van der Waals surface area contributed by atoms with Crippen LogP contribution >= 0.6 is 0 Å². The van der Waals surface area contributed by atoms with E-state index < -0.39 is 0 Å². The van der Waals surface area contributed by atoms with E-state index in [1.165, 1.54) is 43.5 Å². The van der Waals surface area contributed by atoms with Crippen molar-refractivity contribution in [1.29, 1.82) is 0 Å². The van der Waals surface area contributed by atoms with Gasteiger partial charge in [0.05, 0.1) is 0 Å². The van der Waals surface area contributed by atoms with E-state index in [-0.39, 0.29) is 0 Å². The highest BCUT2D eigenvalue weighted by atomic mass is 15.1.